The van der Waals surface area contributed by atoms with E-state index >= 15 is 0 Å². The predicted molar refractivity (Wildman–Crippen MR) is 55.9 cm³/mol. The van der Waals surface area contributed by atoms with Gasteiger partial charge in [-0.3, -0.25) is 9.78 Å². The van der Waals surface area contributed by atoms with Gasteiger partial charge in [0, 0.05) is 10.7 Å². The number of hydrogen-bond acceptors (Lipinski definition) is 3. The van der Waals surface area contributed by atoms with Crippen molar-refractivity contribution in [3.8, 4) is 0 Å². The predicted octanol–water partition coefficient (Wildman–Crippen LogP) is 1.86. The van der Waals surface area contributed by atoms with E-state index in [9.17, 15) is 4.79 Å². The molecular weight excluding hydrogens is 252 g/mol. The van der Waals surface area contributed by atoms with Crippen LogP contribution in [0.3, 0.4) is 0 Å². The lowest BCUT2D eigenvalue weighted by Crippen LogP contribution is -1.96. The molecule has 1 aromatic heterocycles. The molecule has 0 saturated heterocycles. The molecule has 0 aliphatic carbocycles. The highest BCUT2D eigenvalue weighted by atomic mass is 79.9. The Morgan fingerprint density at radius 2 is 2.38 bits per heavy atom. The van der Waals surface area contributed by atoms with E-state index in [1.165, 1.54) is 11.8 Å². The van der Waals surface area contributed by atoms with Crippen molar-refractivity contribution in [1.82, 2.24) is 4.98 Å². The van der Waals surface area contributed by atoms with Crippen LogP contribution in [0.2, 0.25) is 0 Å². The van der Waals surface area contributed by atoms with Crippen LogP contribution in [-0.2, 0) is 4.79 Å². The number of amides is 1. The summed E-state index contributed by atoms with van der Waals surface area (Å²) in [6, 6.07) is 3.71. The lowest BCUT2D eigenvalue weighted by Gasteiger charge is -1.99. The molecule has 1 aliphatic rings. The second-order valence-electron chi connectivity index (χ2n) is 2.43. The Morgan fingerprint density at radius 1 is 1.54 bits per heavy atom. The molecule has 3 nitrogen and oxygen atoms in total. The maximum atomic E-state index is 10.9. The molecule has 1 aliphatic heterocycles. The van der Waals surface area contributed by atoms with Gasteiger partial charge in [0.15, 0.2) is 0 Å². The largest absolute Gasteiger partial charge is 0.272 e. The van der Waals surface area contributed by atoms with Crippen LogP contribution in [-0.4, -0.2) is 21.7 Å². The molecule has 66 valence electrons. The van der Waals surface area contributed by atoms with Crippen LogP contribution in [0.5, 0.6) is 0 Å². The van der Waals surface area contributed by atoms with Crippen LogP contribution >= 0.6 is 27.7 Å². The summed E-state index contributed by atoms with van der Waals surface area (Å²) in [7, 11) is 0. The number of carbonyl (C=O) groups is 1. The zero-order valence-electron chi connectivity index (χ0n) is 6.53. The van der Waals surface area contributed by atoms with Crippen molar-refractivity contribution in [3.63, 3.8) is 0 Å². The molecule has 0 radical (unpaired) electrons. The average Bonchev–Trinajstić information content (AvgIpc) is 2.53. The Bertz CT molecular complexity index is 391. The van der Waals surface area contributed by atoms with Gasteiger partial charge in [0.2, 0.25) is 0 Å². The third-order valence-electron chi connectivity index (χ3n) is 1.52. The highest BCUT2D eigenvalue weighted by Gasteiger charge is 2.18. The van der Waals surface area contributed by atoms with Crippen LogP contribution in [0.15, 0.2) is 27.8 Å². The first-order chi connectivity index (χ1) is 6.27. The fourth-order valence-electron chi connectivity index (χ4n) is 0.972. The van der Waals surface area contributed by atoms with Crippen LogP contribution in [0.4, 0.5) is 0 Å². The molecular formula is C8H5BrN2OS. The molecule has 0 bridgehead atoms. The standard InChI is InChI=1S/C8H5BrN2OS/c9-5-2-1-3-10-7(5)8-11-6(12)4-13-8/h1-3H,4H2. The van der Waals surface area contributed by atoms with Crippen LogP contribution in [0.25, 0.3) is 0 Å². The third kappa shape index (κ3) is 1.81. The summed E-state index contributed by atoms with van der Waals surface area (Å²) in [5.74, 6) is 0.343. The number of pyridine rings is 1. The number of aliphatic imine (C=N–C) groups is 1. The molecule has 0 saturated carbocycles. The Hall–Kier alpha value is -0.680. The van der Waals surface area contributed by atoms with Crippen molar-refractivity contribution < 1.29 is 4.79 Å². The summed E-state index contributed by atoms with van der Waals surface area (Å²) < 4.78 is 0.871. The molecule has 0 fully saturated rings. The van der Waals surface area contributed by atoms with Gasteiger partial charge in [-0.25, -0.2) is 4.99 Å². The Morgan fingerprint density at radius 3 is 3.00 bits per heavy atom. The number of thioether (sulfide) groups is 1. The molecule has 0 spiro atoms. The first-order valence-electron chi connectivity index (χ1n) is 3.62. The monoisotopic (exact) mass is 256 g/mol. The summed E-state index contributed by atoms with van der Waals surface area (Å²) in [5, 5.41) is 0.706. The second-order valence-corrected chi connectivity index (χ2v) is 4.25. The fourth-order valence-corrected chi connectivity index (χ4v) is 2.34. The summed E-state index contributed by atoms with van der Waals surface area (Å²) in [5.41, 5.74) is 0.748. The molecule has 2 heterocycles. The van der Waals surface area contributed by atoms with Crippen molar-refractivity contribution >= 4 is 38.6 Å². The normalized spacial score (nSPS) is 16.1. The molecule has 5 heteroatoms. The minimum Gasteiger partial charge on any atom is -0.272 e. The van der Waals surface area contributed by atoms with Gasteiger partial charge in [0.1, 0.15) is 10.7 Å². The minimum absolute atomic E-state index is 0.0856. The number of nitrogens with zero attached hydrogens (tertiary/aromatic N) is 2. The first kappa shape index (κ1) is 8.90. The van der Waals surface area contributed by atoms with E-state index in [4.69, 9.17) is 0 Å². The Balaban J connectivity index is 2.41. The highest BCUT2D eigenvalue weighted by molar-refractivity contribution is 9.10. The van der Waals surface area contributed by atoms with E-state index in [0.717, 1.165) is 10.2 Å². The van der Waals surface area contributed by atoms with Gasteiger partial charge in [-0.2, -0.15) is 0 Å². The molecule has 0 unspecified atom stereocenters. The lowest BCUT2D eigenvalue weighted by molar-refractivity contribution is -0.115. The zero-order valence-corrected chi connectivity index (χ0v) is 8.93. The quantitative estimate of drug-likeness (QED) is 0.771. The first-order valence-corrected chi connectivity index (χ1v) is 5.40. The Kier molecular flexibility index (Phi) is 2.46. The van der Waals surface area contributed by atoms with E-state index in [1.54, 1.807) is 6.20 Å². The zero-order chi connectivity index (χ0) is 9.26. The van der Waals surface area contributed by atoms with E-state index in [2.05, 4.69) is 25.9 Å². The van der Waals surface area contributed by atoms with E-state index < -0.39 is 0 Å². The van der Waals surface area contributed by atoms with Crippen LogP contribution < -0.4 is 0 Å². The number of carbonyl (C=O) groups excluding carboxylic acids is 1. The van der Waals surface area contributed by atoms with Crippen molar-refractivity contribution in [1.29, 1.82) is 0 Å². The van der Waals surface area contributed by atoms with E-state index in [0.29, 0.717) is 10.8 Å². The van der Waals surface area contributed by atoms with E-state index in [1.807, 2.05) is 12.1 Å². The maximum absolute atomic E-state index is 10.9. The molecule has 13 heavy (non-hydrogen) atoms. The Labute approximate surface area is 87.8 Å². The summed E-state index contributed by atoms with van der Waals surface area (Å²) >= 11 is 4.78. The maximum Gasteiger partial charge on any atom is 0.257 e. The summed E-state index contributed by atoms with van der Waals surface area (Å²) in [6.07, 6.45) is 1.69. The molecule has 0 aromatic carbocycles. The molecule has 0 N–H and O–H groups in total. The smallest absolute Gasteiger partial charge is 0.257 e. The van der Waals surface area contributed by atoms with Crippen LogP contribution in [0.1, 0.15) is 5.69 Å². The summed E-state index contributed by atoms with van der Waals surface area (Å²) in [6.45, 7) is 0. The molecule has 1 aromatic rings. The summed E-state index contributed by atoms with van der Waals surface area (Å²) in [4.78, 5) is 18.9. The van der Waals surface area contributed by atoms with Gasteiger partial charge in [-0.05, 0) is 28.1 Å². The van der Waals surface area contributed by atoms with Gasteiger partial charge in [-0.15, -0.1) is 0 Å². The number of rotatable bonds is 1. The van der Waals surface area contributed by atoms with Gasteiger partial charge in [0.05, 0.1) is 5.75 Å². The third-order valence-corrected chi connectivity index (χ3v) is 3.11. The van der Waals surface area contributed by atoms with Gasteiger partial charge in [-0.1, -0.05) is 11.8 Å². The number of halogens is 1. The molecule has 0 atom stereocenters. The fraction of sp³-hybridized carbons (Fsp3) is 0.125. The highest BCUT2D eigenvalue weighted by Crippen LogP contribution is 2.23. The minimum atomic E-state index is -0.0856. The van der Waals surface area contributed by atoms with Crippen molar-refractivity contribution in [2.45, 2.75) is 0 Å². The van der Waals surface area contributed by atoms with Gasteiger partial charge in [0.25, 0.3) is 5.91 Å². The second kappa shape index (κ2) is 3.59. The number of hydrogen-bond donors (Lipinski definition) is 0. The topological polar surface area (TPSA) is 42.3 Å². The van der Waals surface area contributed by atoms with Crippen molar-refractivity contribution in [2.24, 2.45) is 4.99 Å². The van der Waals surface area contributed by atoms with E-state index in [-0.39, 0.29) is 5.91 Å². The van der Waals surface area contributed by atoms with Gasteiger partial charge < -0.3 is 0 Å². The van der Waals surface area contributed by atoms with Gasteiger partial charge >= 0.3 is 0 Å². The molecule has 2 rings (SSSR count). The number of aromatic nitrogens is 1. The lowest BCUT2D eigenvalue weighted by atomic mass is 10.4. The SMILES string of the molecule is O=C1CSC(c2ncccc2Br)=N1. The molecule has 1 amide bonds. The average molecular weight is 257 g/mol. The van der Waals surface area contributed by atoms with Crippen LogP contribution in [0, 0.1) is 0 Å². The van der Waals surface area contributed by atoms with Crippen molar-refractivity contribution in [2.75, 3.05) is 5.75 Å². The van der Waals surface area contributed by atoms with Crippen molar-refractivity contribution in [3.05, 3.63) is 28.5 Å².